The van der Waals surface area contributed by atoms with Crippen molar-refractivity contribution in [1.82, 2.24) is 15.5 Å². The van der Waals surface area contributed by atoms with E-state index in [0.29, 0.717) is 6.54 Å². The largest absolute Gasteiger partial charge is 0.378 e. The number of amides is 2. The first kappa shape index (κ1) is 24.5. The average Bonchev–Trinajstić information content (AvgIpc) is 2.89. The van der Waals surface area contributed by atoms with Crippen LogP contribution in [0.2, 0.25) is 0 Å². The minimum absolute atomic E-state index is 0.0390. The number of hydrogen-bond acceptors (Lipinski definition) is 4. The van der Waals surface area contributed by atoms with E-state index in [2.05, 4.69) is 69.0 Å². The molecule has 6 heteroatoms. The van der Waals surface area contributed by atoms with Crippen molar-refractivity contribution in [3.05, 3.63) is 101 Å². The lowest BCUT2D eigenvalue weighted by atomic mass is 9.96. The van der Waals surface area contributed by atoms with E-state index in [0.717, 1.165) is 36.3 Å². The lowest BCUT2D eigenvalue weighted by Crippen LogP contribution is -2.45. The van der Waals surface area contributed by atoms with Gasteiger partial charge in [0.1, 0.15) is 0 Å². The summed E-state index contributed by atoms with van der Waals surface area (Å²) in [6, 6.07) is 26.3. The van der Waals surface area contributed by atoms with Crippen LogP contribution in [0.1, 0.15) is 41.3 Å². The molecule has 0 aliphatic carbocycles. The van der Waals surface area contributed by atoms with Gasteiger partial charge in [0.2, 0.25) is 0 Å². The number of benzene rings is 3. The third kappa shape index (κ3) is 6.08. The highest BCUT2D eigenvalue weighted by atomic mass is 16.2. The molecule has 182 valence electrons. The quantitative estimate of drug-likeness (QED) is 0.515. The molecule has 2 amide bonds. The van der Waals surface area contributed by atoms with E-state index in [1.54, 1.807) is 0 Å². The van der Waals surface area contributed by atoms with Gasteiger partial charge in [-0.2, -0.15) is 0 Å². The molecular formula is C29H34N4O2. The van der Waals surface area contributed by atoms with Gasteiger partial charge in [0.15, 0.2) is 0 Å². The summed E-state index contributed by atoms with van der Waals surface area (Å²) in [5.74, 6) is -1.23. The Morgan fingerprint density at radius 1 is 0.857 bits per heavy atom. The lowest BCUT2D eigenvalue weighted by molar-refractivity contribution is -0.139. The second kappa shape index (κ2) is 11.2. The molecule has 35 heavy (non-hydrogen) atoms. The van der Waals surface area contributed by atoms with E-state index in [9.17, 15) is 9.59 Å². The summed E-state index contributed by atoms with van der Waals surface area (Å²) in [6.07, 6.45) is 0.964. The first-order chi connectivity index (χ1) is 16.9. The summed E-state index contributed by atoms with van der Waals surface area (Å²) in [5.41, 5.74) is 5.89. The molecule has 3 aromatic rings. The van der Waals surface area contributed by atoms with Gasteiger partial charge in [-0.05, 0) is 47.7 Å². The van der Waals surface area contributed by atoms with Crippen LogP contribution >= 0.6 is 0 Å². The Hall–Kier alpha value is -3.64. The highest BCUT2D eigenvalue weighted by Gasteiger charge is 2.26. The van der Waals surface area contributed by atoms with Gasteiger partial charge in [0, 0.05) is 39.4 Å². The molecule has 1 heterocycles. The molecule has 2 N–H and O–H groups in total. The number of nitrogens with one attached hydrogen (secondary N) is 2. The van der Waals surface area contributed by atoms with Crippen molar-refractivity contribution in [3.8, 4) is 0 Å². The molecule has 0 saturated carbocycles. The summed E-state index contributed by atoms with van der Waals surface area (Å²) >= 11 is 0. The second-order valence-corrected chi connectivity index (χ2v) is 9.31. The second-order valence-electron chi connectivity index (χ2n) is 9.31. The standard InChI is InChI=1S/C29H34N4O2/c1-21(22-9-5-4-6-10-22)31-29(35)28(34)30-19-27(24-13-15-26(16-14-24)32(2)3)33-18-17-23-11-7-8-12-25(23)20-33/h4-16,21,27H,17-20H2,1-3H3,(H,30,34)(H,31,35). The van der Waals surface area contributed by atoms with Crippen LogP contribution in [0.25, 0.3) is 0 Å². The van der Waals surface area contributed by atoms with Crippen LogP contribution in [0.15, 0.2) is 78.9 Å². The number of anilines is 1. The van der Waals surface area contributed by atoms with Crippen LogP contribution < -0.4 is 15.5 Å². The van der Waals surface area contributed by atoms with E-state index in [1.807, 2.05) is 51.4 Å². The highest BCUT2D eigenvalue weighted by Crippen LogP contribution is 2.28. The molecule has 0 radical (unpaired) electrons. The smallest absolute Gasteiger partial charge is 0.309 e. The molecule has 1 aliphatic rings. The van der Waals surface area contributed by atoms with Gasteiger partial charge < -0.3 is 15.5 Å². The minimum atomic E-state index is -0.618. The Bertz CT molecular complexity index is 1140. The molecule has 3 aromatic carbocycles. The van der Waals surface area contributed by atoms with Gasteiger partial charge in [-0.3, -0.25) is 14.5 Å². The number of carbonyl (C=O) groups is 2. The van der Waals surface area contributed by atoms with Crippen LogP contribution in [0.4, 0.5) is 5.69 Å². The third-order valence-corrected chi connectivity index (χ3v) is 6.70. The van der Waals surface area contributed by atoms with Crippen molar-refractivity contribution in [3.63, 3.8) is 0 Å². The van der Waals surface area contributed by atoms with E-state index < -0.39 is 11.8 Å². The van der Waals surface area contributed by atoms with Crippen LogP contribution in [0.3, 0.4) is 0 Å². The third-order valence-electron chi connectivity index (χ3n) is 6.70. The van der Waals surface area contributed by atoms with Crippen LogP contribution in [-0.4, -0.2) is 43.9 Å². The molecule has 0 spiro atoms. The molecule has 4 rings (SSSR count). The fraction of sp³-hybridized carbons (Fsp3) is 0.310. The van der Waals surface area contributed by atoms with E-state index >= 15 is 0 Å². The fourth-order valence-corrected chi connectivity index (χ4v) is 4.59. The van der Waals surface area contributed by atoms with Crippen molar-refractivity contribution in [2.24, 2.45) is 0 Å². The highest BCUT2D eigenvalue weighted by molar-refractivity contribution is 6.35. The van der Waals surface area contributed by atoms with Gasteiger partial charge in [-0.1, -0.05) is 66.7 Å². The van der Waals surface area contributed by atoms with Crippen LogP contribution in [0, 0.1) is 0 Å². The van der Waals surface area contributed by atoms with Gasteiger partial charge in [0.25, 0.3) is 0 Å². The zero-order valence-electron chi connectivity index (χ0n) is 20.7. The van der Waals surface area contributed by atoms with Gasteiger partial charge in [-0.25, -0.2) is 0 Å². The zero-order valence-corrected chi connectivity index (χ0v) is 20.7. The monoisotopic (exact) mass is 470 g/mol. The summed E-state index contributed by atoms with van der Waals surface area (Å²) in [5, 5.41) is 5.70. The molecule has 0 saturated heterocycles. The topological polar surface area (TPSA) is 64.7 Å². The van der Waals surface area contributed by atoms with Crippen molar-refractivity contribution in [1.29, 1.82) is 0 Å². The van der Waals surface area contributed by atoms with E-state index in [1.165, 1.54) is 11.1 Å². The Balaban J connectivity index is 1.46. The van der Waals surface area contributed by atoms with Crippen molar-refractivity contribution < 1.29 is 9.59 Å². The summed E-state index contributed by atoms with van der Waals surface area (Å²) in [7, 11) is 4.03. The van der Waals surface area contributed by atoms with Gasteiger partial charge >= 0.3 is 11.8 Å². The molecule has 0 aromatic heterocycles. The number of fused-ring (bicyclic) bond motifs is 1. The predicted molar refractivity (Wildman–Crippen MR) is 140 cm³/mol. The Kier molecular flexibility index (Phi) is 7.83. The Morgan fingerprint density at radius 2 is 1.51 bits per heavy atom. The molecule has 1 aliphatic heterocycles. The number of nitrogens with zero attached hydrogens (tertiary/aromatic N) is 2. The van der Waals surface area contributed by atoms with Crippen LogP contribution in [-0.2, 0) is 22.6 Å². The summed E-state index contributed by atoms with van der Waals surface area (Å²) < 4.78 is 0. The molecule has 0 bridgehead atoms. The lowest BCUT2D eigenvalue weighted by Gasteiger charge is -2.36. The van der Waals surface area contributed by atoms with Crippen molar-refractivity contribution in [2.45, 2.75) is 32.0 Å². The van der Waals surface area contributed by atoms with Crippen molar-refractivity contribution >= 4 is 17.5 Å². The van der Waals surface area contributed by atoms with E-state index in [-0.39, 0.29) is 12.1 Å². The first-order valence-corrected chi connectivity index (χ1v) is 12.1. The number of carbonyl (C=O) groups excluding carboxylic acids is 2. The maximum absolute atomic E-state index is 12.7. The molecule has 6 nitrogen and oxygen atoms in total. The molecule has 0 fully saturated rings. The van der Waals surface area contributed by atoms with E-state index in [4.69, 9.17) is 0 Å². The molecule has 2 atom stereocenters. The Labute approximate surface area is 207 Å². The normalized spacial score (nSPS) is 14.9. The molecule has 2 unspecified atom stereocenters. The number of rotatable bonds is 7. The fourth-order valence-electron chi connectivity index (χ4n) is 4.59. The minimum Gasteiger partial charge on any atom is -0.378 e. The van der Waals surface area contributed by atoms with Crippen molar-refractivity contribution in [2.75, 3.05) is 32.1 Å². The van der Waals surface area contributed by atoms with Gasteiger partial charge in [0.05, 0.1) is 12.1 Å². The first-order valence-electron chi connectivity index (χ1n) is 12.1. The van der Waals surface area contributed by atoms with Crippen LogP contribution in [0.5, 0.6) is 0 Å². The van der Waals surface area contributed by atoms with Gasteiger partial charge in [-0.15, -0.1) is 0 Å². The zero-order chi connectivity index (χ0) is 24.8. The maximum atomic E-state index is 12.7. The average molecular weight is 471 g/mol. The summed E-state index contributed by atoms with van der Waals surface area (Å²) in [6.45, 7) is 3.93. The number of hydrogen-bond donors (Lipinski definition) is 2. The Morgan fingerprint density at radius 3 is 2.20 bits per heavy atom. The predicted octanol–water partition coefficient (Wildman–Crippen LogP) is 3.85. The SMILES string of the molecule is CC(NC(=O)C(=O)NCC(c1ccc(N(C)C)cc1)N1CCc2ccccc2C1)c1ccccc1. The molecular weight excluding hydrogens is 436 g/mol. The maximum Gasteiger partial charge on any atom is 0.309 e. The summed E-state index contributed by atoms with van der Waals surface area (Å²) in [4.78, 5) is 29.8.